The number of methoxy groups -OCH3 is 1. The normalized spacial score (nSPS) is 26.2. The standard InChI is InChI=1S/C9H15NO2.ClH/c1-3-4-7-5-6-8(10-7)9(11)12-2;/h3,7-8,10H,1,4-6H2,2H3;1H/t7?,8-;/m1./s1. The number of carbonyl (C=O) groups excluding carboxylic acids is 1. The fraction of sp³-hybridized carbons (Fsp3) is 0.667. The maximum Gasteiger partial charge on any atom is 0.322 e. The summed E-state index contributed by atoms with van der Waals surface area (Å²) in [5, 5.41) is 3.20. The molecule has 1 aliphatic rings. The average molecular weight is 206 g/mol. The summed E-state index contributed by atoms with van der Waals surface area (Å²) in [6.45, 7) is 3.66. The number of hydrogen-bond acceptors (Lipinski definition) is 3. The zero-order valence-electron chi connectivity index (χ0n) is 7.79. The van der Waals surface area contributed by atoms with Crippen LogP contribution in [0.3, 0.4) is 0 Å². The molecule has 1 fully saturated rings. The van der Waals surface area contributed by atoms with E-state index >= 15 is 0 Å². The van der Waals surface area contributed by atoms with Crippen LogP contribution >= 0.6 is 12.4 Å². The SMILES string of the molecule is C=CCC1CC[C@H](C(=O)OC)N1.Cl. The van der Waals surface area contributed by atoms with Crippen LogP contribution in [0.5, 0.6) is 0 Å². The quantitative estimate of drug-likeness (QED) is 0.557. The Kier molecular flexibility index (Phi) is 5.75. The van der Waals surface area contributed by atoms with Gasteiger partial charge in [-0.15, -0.1) is 19.0 Å². The summed E-state index contributed by atoms with van der Waals surface area (Å²) in [6.07, 6.45) is 4.71. The minimum Gasteiger partial charge on any atom is -0.468 e. The molecule has 1 N–H and O–H groups in total. The van der Waals surface area contributed by atoms with Crippen molar-refractivity contribution in [2.24, 2.45) is 0 Å². The van der Waals surface area contributed by atoms with Crippen molar-refractivity contribution in [3.63, 3.8) is 0 Å². The number of rotatable bonds is 3. The Morgan fingerprint density at radius 2 is 2.38 bits per heavy atom. The van der Waals surface area contributed by atoms with E-state index in [1.807, 2.05) is 6.08 Å². The van der Waals surface area contributed by atoms with Crippen LogP contribution in [0.1, 0.15) is 19.3 Å². The molecule has 76 valence electrons. The lowest BCUT2D eigenvalue weighted by atomic mass is 10.1. The van der Waals surface area contributed by atoms with Gasteiger partial charge in [0.05, 0.1) is 7.11 Å². The Hall–Kier alpha value is -0.540. The molecular weight excluding hydrogens is 190 g/mol. The molecule has 0 amide bonds. The van der Waals surface area contributed by atoms with Crippen LogP contribution in [-0.2, 0) is 9.53 Å². The molecule has 0 aromatic heterocycles. The first kappa shape index (κ1) is 12.5. The Bertz CT molecular complexity index is 184. The lowest BCUT2D eigenvalue weighted by molar-refractivity contribution is -0.142. The number of hydrogen-bond donors (Lipinski definition) is 1. The summed E-state index contributed by atoms with van der Waals surface area (Å²) in [5.41, 5.74) is 0. The third-order valence-corrected chi connectivity index (χ3v) is 2.18. The molecule has 0 aromatic rings. The average Bonchev–Trinajstić information content (AvgIpc) is 2.52. The van der Waals surface area contributed by atoms with Crippen LogP contribution in [0.4, 0.5) is 0 Å². The maximum absolute atomic E-state index is 11.1. The number of ether oxygens (including phenoxy) is 1. The largest absolute Gasteiger partial charge is 0.468 e. The van der Waals surface area contributed by atoms with Crippen LogP contribution < -0.4 is 5.32 Å². The van der Waals surface area contributed by atoms with E-state index in [1.54, 1.807) is 0 Å². The van der Waals surface area contributed by atoms with Crippen molar-refractivity contribution in [1.29, 1.82) is 0 Å². The lowest BCUT2D eigenvalue weighted by Gasteiger charge is -2.10. The second kappa shape index (κ2) is 6.00. The monoisotopic (exact) mass is 205 g/mol. The molecule has 1 heterocycles. The summed E-state index contributed by atoms with van der Waals surface area (Å²) in [4.78, 5) is 11.1. The van der Waals surface area contributed by atoms with Crippen molar-refractivity contribution in [2.75, 3.05) is 7.11 Å². The second-order valence-corrected chi connectivity index (χ2v) is 3.04. The molecule has 4 heteroatoms. The summed E-state index contributed by atoms with van der Waals surface area (Å²) in [7, 11) is 1.42. The van der Waals surface area contributed by atoms with Crippen LogP contribution in [0.2, 0.25) is 0 Å². The minimum absolute atomic E-state index is 0. The zero-order chi connectivity index (χ0) is 8.97. The molecule has 1 unspecified atom stereocenters. The van der Waals surface area contributed by atoms with Gasteiger partial charge in [-0.2, -0.15) is 0 Å². The van der Waals surface area contributed by atoms with Crippen molar-refractivity contribution in [3.8, 4) is 0 Å². The van der Waals surface area contributed by atoms with Gasteiger partial charge >= 0.3 is 5.97 Å². The van der Waals surface area contributed by atoms with Crippen LogP contribution in [0.25, 0.3) is 0 Å². The molecule has 0 aromatic carbocycles. The van der Waals surface area contributed by atoms with Crippen molar-refractivity contribution < 1.29 is 9.53 Å². The van der Waals surface area contributed by atoms with Gasteiger partial charge < -0.3 is 10.1 Å². The molecule has 0 spiro atoms. The Labute approximate surface area is 84.9 Å². The summed E-state index contributed by atoms with van der Waals surface area (Å²) < 4.78 is 4.63. The molecule has 0 saturated carbocycles. The van der Waals surface area contributed by atoms with Crippen molar-refractivity contribution in [1.82, 2.24) is 5.32 Å². The Balaban J connectivity index is 0.00000144. The van der Waals surface area contributed by atoms with Crippen LogP contribution in [0, 0.1) is 0 Å². The molecule has 1 rings (SSSR count). The molecule has 1 aliphatic heterocycles. The van der Waals surface area contributed by atoms with Crippen molar-refractivity contribution >= 4 is 18.4 Å². The van der Waals surface area contributed by atoms with E-state index < -0.39 is 0 Å². The highest BCUT2D eigenvalue weighted by Crippen LogP contribution is 2.15. The van der Waals surface area contributed by atoms with Crippen LogP contribution in [-0.4, -0.2) is 25.2 Å². The molecule has 3 nitrogen and oxygen atoms in total. The van der Waals surface area contributed by atoms with Gasteiger partial charge in [0, 0.05) is 6.04 Å². The van der Waals surface area contributed by atoms with Gasteiger partial charge in [-0.05, 0) is 19.3 Å². The molecular formula is C9H16ClNO2. The highest BCUT2D eigenvalue weighted by atomic mass is 35.5. The van der Waals surface area contributed by atoms with E-state index in [4.69, 9.17) is 0 Å². The molecule has 13 heavy (non-hydrogen) atoms. The molecule has 2 atom stereocenters. The summed E-state index contributed by atoms with van der Waals surface area (Å²) in [5.74, 6) is -0.151. The van der Waals surface area contributed by atoms with Gasteiger partial charge in [0.1, 0.15) is 6.04 Å². The van der Waals surface area contributed by atoms with E-state index in [9.17, 15) is 4.79 Å². The van der Waals surface area contributed by atoms with Gasteiger partial charge in [0.2, 0.25) is 0 Å². The van der Waals surface area contributed by atoms with Gasteiger partial charge in [0.25, 0.3) is 0 Å². The van der Waals surface area contributed by atoms with E-state index in [0.29, 0.717) is 6.04 Å². The fourth-order valence-corrected chi connectivity index (χ4v) is 1.53. The van der Waals surface area contributed by atoms with Gasteiger partial charge in [-0.25, -0.2) is 0 Å². The van der Waals surface area contributed by atoms with E-state index in [1.165, 1.54) is 7.11 Å². The van der Waals surface area contributed by atoms with E-state index in [-0.39, 0.29) is 24.4 Å². The number of carbonyl (C=O) groups is 1. The third kappa shape index (κ3) is 3.36. The minimum atomic E-state index is -0.151. The predicted molar refractivity (Wildman–Crippen MR) is 54.0 cm³/mol. The first-order valence-corrected chi connectivity index (χ1v) is 4.22. The molecule has 0 aliphatic carbocycles. The van der Waals surface area contributed by atoms with E-state index in [0.717, 1.165) is 19.3 Å². The predicted octanol–water partition coefficient (Wildman–Crippen LogP) is 1.28. The van der Waals surface area contributed by atoms with Crippen LogP contribution in [0.15, 0.2) is 12.7 Å². The smallest absolute Gasteiger partial charge is 0.322 e. The van der Waals surface area contributed by atoms with E-state index in [2.05, 4.69) is 16.6 Å². The molecule has 0 radical (unpaired) electrons. The fourth-order valence-electron chi connectivity index (χ4n) is 1.53. The third-order valence-electron chi connectivity index (χ3n) is 2.18. The lowest BCUT2D eigenvalue weighted by Crippen LogP contribution is -2.35. The molecule has 1 saturated heterocycles. The Morgan fingerprint density at radius 3 is 2.92 bits per heavy atom. The van der Waals surface area contributed by atoms with Gasteiger partial charge in [0.15, 0.2) is 0 Å². The number of esters is 1. The topological polar surface area (TPSA) is 38.3 Å². The van der Waals surface area contributed by atoms with Crippen molar-refractivity contribution in [3.05, 3.63) is 12.7 Å². The second-order valence-electron chi connectivity index (χ2n) is 3.04. The van der Waals surface area contributed by atoms with Gasteiger partial charge in [-0.1, -0.05) is 6.08 Å². The summed E-state index contributed by atoms with van der Waals surface area (Å²) >= 11 is 0. The summed E-state index contributed by atoms with van der Waals surface area (Å²) in [6, 6.07) is 0.312. The highest BCUT2D eigenvalue weighted by Gasteiger charge is 2.28. The highest BCUT2D eigenvalue weighted by molar-refractivity contribution is 5.85. The zero-order valence-corrected chi connectivity index (χ0v) is 8.60. The Morgan fingerprint density at radius 1 is 1.69 bits per heavy atom. The maximum atomic E-state index is 11.1. The van der Waals surface area contributed by atoms with Gasteiger partial charge in [-0.3, -0.25) is 4.79 Å². The number of halogens is 1. The molecule has 0 bridgehead atoms. The first-order valence-electron chi connectivity index (χ1n) is 4.22. The van der Waals surface area contributed by atoms with Crippen molar-refractivity contribution in [2.45, 2.75) is 31.3 Å². The number of nitrogens with one attached hydrogen (secondary N) is 1. The first-order chi connectivity index (χ1) is 5.77.